The highest BCUT2D eigenvalue weighted by Gasteiger charge is 2.44. The van der Waals surface area contributed by atoms with E-state index in [1.165, 1.54) is 5.56 Å². The van der Waals surface area contributed by atoms with Gasteiger partial charge in [0.05, 0.1) is 6.42 Å². The van der Waals surface area contributed by atoms with Crippen molar-refractivity contribution < 1.29 is 24.2 Å². The molecule has 1 aliphatic heterocycles. The van der Waals surface area contributed by atoms with Crippen molar-refractivity contribution in [1.29, 1.82) is 0 Å². The van der Waals surface area contributed by atoms with E-state index in [9.17, 15) is 19.5 Å². The van der Waals surface area contributed by atoms with Gasteiger partial charge in [0.25, 0.3) is 0 Å². The number of carboxylic acids is 1. The first-order valence-corrected chi connectivity index (χ1v) is 14.8. The number of amides is 2. The lowest BCUT2D eigenvalue weighted by Gasteiger charge is -2.41. The predicted molar refractivity (Wildman–Crippen MR) is 161 cm³/mol. The quantitative estimate of drug-likeness (QED) is 0.289. The molecule has 1 fully saturated rings. The van der Waals surface area contributed by atoms with Gasteiger partial charge < -0.3 is 20.5 Å². The standard InChI is InChI=1S/C34H39N3O5/c1-2-10-25(21-31(38)39)35-32(40)34(17-19-37(20-18-34)22-24-11-4-3-5-12-24)36-33(41)42-23-30-28-15-8-6-13-26(28)27-14-7-9-16-29(27)30/h3-9,11-16,25,30H,2,10,17-23H2,1H3,(H,35,40)(H,36,41)(H,38,39)/t25-/m1/s1. The Hall–Kier alpha value is -4.17. The maximum Gasteiger partial charge on any atom is 0.408 e. The van der Waals surface area contributed by atoms with E-state index < -0.39 is 23.6 Å². The SMILES string of the molecule is CCC[C@H](CC(=O)O)NC(=O)C1(NC(=O)OCC2c3ccccc3-c3ccccc32)CCN(Cc2ccccc2)CC1. The topological polar surface area (TPSA) is 108 Å². The van der Waals surface area contributed by atoms with E-state index in [0.717, 1.165) is 35.2 Å². The van der Waals surface area contributed by atoms with Crippen molar-refractivity contribution in [3.63, 3.8) is 0 Å². The fraction of sp³-hybridized carbons (Fsp3) is 0.382. The Balaban J connectivity index is 1.29. The lowest BCUT2D eigenvalue weighted by molar-refractivity contribution is -0.138. The van der Waals surface area contributed by atoms with Crippen molar-refractivity contribution >= 4 is 18.0 Å². The van der Waals surface area contributed by atoms with Crippen molar-refractivity contribution in [1.82, 2.24) is 15.5 Å². The average Bonchev–Trinajstić information content (AvgIpc) is 3.31. The molecule has 8 nitrogen and oxygen atoms in total. The number of carboxylic acid groups (broad SMARTS) is 1. The number of hydrogen-bond acceptors (Lipinski definition) is 5. The summed E-state index contributed by atoms with van der Waals surface area (Å²) in [5.41, 5.74) is 4.51. The van der Waals surface area contributed by atoms with Gasteiger partial charge in [-0.1, -0.05) is 92.2 Å². The van der Waals surface area contributed by atoms with E-state index in [0.29, 0.717) is 32.4 Å². The van der Waals surface area contributed by atoms with Gasteiger partial charge in [-0.05, 0) is 47.1 Å². The molecule has 1 heterocycles. The molecule has 3 aromatic rings. The third-order valence-electron chi connectivity index (χ3n) is 8.47. The molecule has 1 saturated heterocycles. The van der Waals surface area contributed by atoms with Crippen molar-refractivity contribution in [3.05, 3.63) is 95.6 Å². The number of hydrogen-bond donors (Lipinski definition) is 3. The van der Waals surface area contributed by atoms with E-state index in [-0.39, 0.29) is 24.9 Å². The fourth-order valence-corrected chi connectivity index (χ4v) is 6.28. The summed E-state index contributed by atoms with van der Waals surface area (Å²) < 4.78 is 5.82. The molecule has 1 aliphatic carbocycles. The number of nitrogens with one attached hydrogen (secondary N) is 2. The van der Waals surface area contributed by atoms with Gasteiger partial charge >= 0.3 is 12.1 Å². The van der Waals surface area contributed by atoms with Crippen LogP contribution >= 0.6 is 0 Å². The highest BCUT2D eigenvalue weighted by Crippen LogP contribution is 2.44. The van der Waals surface area contributed by atoms with Crippen LogP contribution in [0.15, 0.2) is 78.9 Å². The van der Waals surface area contributed by atoms with Crippen molar-refractivity contribution in [3.8, 4) is 11.1 Å². The third kappa shape index (κ3) is 6.65. The van der Waals surface area contributed by atoms with Crippen LogP contribution in [0.5, 0.6) is 0 Å². The minimum Gasteiger partial charge on any atom is -0.481 e. The lowest BCUT2D eigenvalue weighted by Crippen LogP contribution is -2.64. The molecule has 220 valence electrons. The van der Waals surface area contributed by atoms with Crippen LogP contribution in [0.2, 0.25) is 0 Å². The maximum absolute atomic E-state index is 13.8. The summed E-state index contributed by atoms with van der Waals surface area (Å²) in [6.07, 6.45) is 1.24. The number of benzene rings is 3. The monoisotopic (exact) mass is 569 g/mol. The van der Waals surface area contributed by atoms with Gasteiger partial charge in [0.15, 0.2) is 0 Å². The largest absolute Gasteiger partial charge is 0.481 e. The minimum atomic E-state index is -1.19. The number of carbonyl (C=O) groups excluding carboxylic acids is 2. The highest BCUT2D eigenvalue weighted by atomic mass is 16.5. The molecule has 0 radical (unpaired) electrons. The first-order valence-electron chi connectivity index (χ1n) is 14.8. The summed E-state index contributed by atoms with van der Waals surface area (Å²) in [6, 6.07) is 25.9. The molecule has 3 aromatic carbocycles. The van der Waals surface area contributed by atoms with Gasteiger partial charge in [-0.15, -0.1) is 0 Å². The van der Waals surface area contributed by atoms with Crippen LogP contribution in [0.1, 0.15) is 61.6 Å². The van der Waals surface area contributed by atoms with E-state index in [1.807, 2.05) is 49.4 Å². The lowest BCUT2D eigenvalue weighted by atomic mass is 9.85. The second-order valence-corrected chi connectivity index (χ2v) is 11.4. The molecule has 2 amide bonds. The smallest absolute Gasteiger partial charge is 0.408 e. The number of aliphatic carboxylic acids is 1. The van der Waals surface area contributed by atoms with Crippen LogP contribution in [0.4, 0.5) is 4.79 Å². The highest BCUT2D eigenvalue weighted by molar-refractivity contribution is 5.90. The van der Waals surface area contributed by atoms with E-state index in [2.05, 4.69) is 51.9 Å². The molecule has 2 aliphatic rings. The van der Waals surface area contributed by atoms with Crippen molar-refractivity contribution in [2.75, 3.05) is 19.7 Å². The number of nitrogens with zero attached hydrogens (tertiary/aromatic N) is 1. The zero-order chi connectivity index (χ0) is 29.5. The Morgan fingerprint density at radius 3 is 2.12 bits per heavy atom. The Bertz CT molecular complexity index is 1360. The summed E-state index contributed by atoms with van der Waals surface area (Å²) in [4.78, 5) is 40.8. The van der Waals surface area contributed by atoms with Gasteiger partial charge in [-0.25, -0.2) is 4.79 Å². The van der Waals surface area contributed by atoms with Crippen LogP contribution in [0, 0.1) is 0 Å². The van der Waals surface area contributed by atoms with Gasteiger partial charge in [0.1, 0.15) is 12.1 Å². The first kappa shape index (κ1) is 29.3. The number of ether oxygens (including phenoxy) is 1. The summed E-state index contributed by atoms with van der Waals surface area (Å²) in [7, 11) is 0. The summed E-state index contributed by atoms with van der Waals surface area (Å²) in [5.74, 6) is -1.41. The van der Waals surface area contributed by atoms with Crippen molar-refractivity contribution in [2.24, 2.45) is 0 Å². The van der Waals surface area contributed by atoms with E-state index in [4.69, 9.17) is 4.74 Å². The normalized spacial score (nSPS) is 16.6. The van der Waals surface area contributed by atoms with Crippen LogP contribution in [-0.4, -0.2) is 59.3 Å². The molecule has 3 N–H and O–H groups in total. The molecule has 42 heavy (non-hydrogen) atoms. The summed E-state index contributed by atoms with van der Waals surface area (Å²) >= 11 is 0. The van der Waals surface area contributed by atoms with Crippen LogP contribution < -0.4 is 10.6 Å². The third-order valence-corrected chi connectivity index (χ3v) is 8.47. The van der Waals surface area contributed by atoms with E-state index in [1.54, 1.807) is 0 Å². The number of likely N-dealkylation sites (tertiary alicyclic amines) is 1. The number of piperidine rings is 1. The summed E-state index contributed by atoms with van der Waals surface area (Å²) in [6.45, 7) is 4.05. The van der Waals surface area contributed by atoms with Crippen molar-refractivity contribution in [2.45, 2.75) is 63.1 Å². The zero-order valence-electron chi connectivity index (χ0n) is 24.1. The minimum absolute atomic E-state index is 0.0925. The Morgan fingerprint density at radius 2 is 1.52 bits per heavy atom. The van der Waals surface area contributed by atoms with Crippen LogP contribution in [0.3, 0.4) is 0 Å². The number of fused-ring (bicyclic) bond motifs is 3. The molecular weight excluding hydrogens is 530 g/mol. The summed E-state index contributed by atoms with van der Waals surface area (Å²) in [5, 5.41) is 15.3. The second-order valence-electron chi connectivity index (χ2n) is 11.4. The van der Waals surface area contributed by atoms with Gasteiger partial charge in [-0.2, -0.15) is 0 Å². The Morgan fingerprint density at radius 1 is 0.929 bits per heavy atom. The average molecular weight is 570 g/mol. The molecular formula is C34H39N3O5. The number of rotatable bonds is 11. The molecule has 0 spiro atoms. The number of alkyl carbamates (subject to hydrolysis) is 1. The van der Waals surface area contributed by atoms with Crippen LogP contribution in [-0.2, 0) is 20.9 Å². The molecule has 0 aromatic heterocycles. The van der Waals surface area contributed by atoms with E-state index >= 15 is 0 Å². The second kappa shape index (κ2) is 13.2. The molecule has 0 unspecified atom stereocenters. The Kier molecular flexibility index (Phi) is 9.22. The molecule has 8 heteroatoms. The number of carbonyl (C=O) groups is 3. The Labute approximate surface area is 247 Å². The van der Waals surface area contributed by atoms with Crippen LogP contribution in [0.25, 0.3) is 11.1 Å². The van der Waals surface area contributed by atoms with Gasteiger partial charge in [0, 0.05) is 31.6 Å². The fourth-order valence-electron chi connectivity index (χ4n) is 6.28. The zero-order valence-corrected chi connectivity index (χ0v) is 24.1. The predicted octanol–water partition coefficient (Wildman–Crippen LogP) is 5.32. The van der Waals surface area contributed by atoms with Gasteiger partial charge in [-0.3, -0.25) is 14.5 Å². The van der Waals surface area contributed by atoms with Gasteiger partial charge in [0.2, 0.25) is 5.91 Å². The maximum atomic E-state index is 13.8. The molecule has 5 rings (SSSR count). The molecule has 0 saturated carbocycles. The molecule has 0 bridgehead atoms. The molecule has 1 atom stereocenters. The first-order chi connectivity index (χ1) is 20.4.